The fraction of sp³-hybridized carbons (Fsp3) is 0.533. The number of carbonyl (C=O) groups is 1. The van der Waals surface area contributed by atoms with Gasteiger partial charge >= 0.3 is 6.03 Å². The van der Waals surface area contributed by atoms with Crippen molar-refractivity contribution >= 4 is 11.7 Å². The molecule has 106 valence electrons. The summed E-state index contributed by atoms with van der Waals surface area (Å²) in [7, 11) is 1.64. The maximum Gasteiger partial charge on any atom is 0.319 e. The monoisotopic (exact) mass is 264 g/mol. The van der Waals surface area contributed by atoms with E-state index in [1.807, 2.05) is 24.3 Å². The Bertz CT molecular complexity index is 391. The van der Waals surface area contributed by atoms with Crippen LogP contribution in [0.4, 0.5) is 10.5 Å². The molecule has 1 aromatic carbocycles. The van der Waals surface area contributed by atoms with E-state index in [4.69, 9.17) is 4.74 Å². The van der Waals surface area contributed by atoms with Gasteiger partial charge in [-0.1, -0.05) is 32.0 Å². The SMILES string of the molecule is COCc1ccccc1NC(=O)NCCCC(C)C. The number of rotatable bonds is 7. The highest BCUT2D eigenvalue weighted by molar-refractivity contribution is 5.90. The van der Waals surface area contributed by atoms with Crippen molar-refractivity contribution in [2.24, 2.45) is 5.92 Å². The van der Waals surface area contributed by atoms with E-state index in [2.05, 4.69) is 24.5 Å². The number of amides is 2. The largest absolute Gasteiger partial charge is 0.380 e. The molecule has 0 aliphatic heterocycles. The number of nitrogens with one attached hydrogen (secondary N) is 2. The van der Waals surface area contributed by atoms with Gasteiger partial charge < -0.3 is 15.4 Å². The van der Waals surface area contributed by atoms with Crippen LogP contribution in [0, 0.1) is 5.92 Å². The molecular weight excluding hydrogens is 240 g/mol. The van der Waals surface area contributed by atoms with Gasteiger partial charge in [-0.2, -0.15) is 0 Å². The molecule has 0 aromatic heterocycles. The van der Waals surface area contributed by atoms with E-state index < -0.39 is 0 Å². The molecule has 0 radical (unpaired) electrons. The lowest BCUT2D eigenvalue weighted by atomic mass is 10.1. The summed E-state index contributed by atoms with van der Waals surface area (Å²) >= 11 is 0. The fourth-order valence-corrected chi connectivity index (χ4v) is 1.80. The van der Waals surface area contributed by atoms with Gasteiger partial charge in [-0.25, -0.2) is 4.79 Å². The maximum atomic E-state index is 11.8. The van der Waals surface area contributed by atoms with Crippen LogP contribution in [0.1, 0.15) is 32.3 Å². The van der Waals surface area contributed by atoms with Crippen molar-refractivity contribution in [2.75, 3.05) is 19.0 Å². The predicted molar refractivity (Wildman–Crippen MR) is 78.2 cm³/mol. The standard InChI is InChI=1S/C15H24N2O2/c1-12(2)7-6-10-16-15(18)17-14-9-5-4-8-13(14)11-19-3/h4-5,8-9,12H,6-7,10-11H2,1-3H3,(H2,16,17,18). The van der Waals surface area contributed by atoms with E-state index in [-0.39, 0.29) is 6.03 Å². The molecule has 0 aliphatic carbocycles. The number of urea groups is 1. The van der Waals surface area contributed by atoms with Crippen LogP contribution in [0.5, 0.6) is 0 Å². The molecule has 19 heavy (non-hydrogen) atoms. The van der Waals surface area contributed by atoms with Gasteiger partial charge in [0.15, 0.2) is 0 Å². The van der Waals surface area contributed by atoms with Crippen LogP contribution in [0.3, 0.4) is 0 Å². The van der Waals surface area contributed by atoms with Crippen molar-refractivity contribution in [3.8, 4) is 0 Å². The number of para-hydroxylation sites is 1. The van der Waals surface area contributed by atoms with E-state index >= 15 is 0 Å². The Balaban J connectivity index is 2.39. The first-order valence-corrected chi connectivity index (χ1v) is 6.75. The molecule has 0 unspecified atom stereocenters. The van der Waals surface area contributed by atoms with Crippen molar-refractivity contribution in [1.82, 2.24) is 5.32 Å². The van der Waals surface area contributed by atoms with Crippen molar-refractivity contribution in [2.45, 2.75) is 33.3 Å². The van der Waals surface area contributed by atoms with E-state index in [9.17, 15) is 4.79 Å². The molecule has 2 N–H and O–H groups in total. The molecule has 4 nitrogen and oxygen atoms in total. The van der Waals surface area contributed by atoms with E-state index in [1.165, 1.54) is 0 Å². The van der Waals surface area contributed by atoms with Gasteiger partial charge in [0.05, 0.1) is 6.61 Å². The minimum Gasteiger partial charge on any atom is -0.380 e. The Morgan fingerprint density at radius 1 is 1.32 bits per heavy atom. The molecule has 0 saturated carbocycles. The normalized spacial score (nSPS) is 10.5. The van der Waals surface area contributed by atoms with Crippen LogP contribution in [-0.2, 0) is 11.3 Å². The zero-order chi connectivity index (χ0) is 14.1. The average molecular weight is 264 g/mol. The fourth-order valence-electron chi connectivity index (χ4n) is 1.80. The van der Waals surface area contributed by atoms with Gasteiger partial charge in [-0.15, -0.1) is 0 Å². The molecule has 1 aromatic rings. The van der Waals surface area contributed by atoms with Gasteiger partial charge in [0.1, 0.15) is 0 Å². The van der Waals surface area contributed by atoms with Crippen molar-refractivity contribution in [1.29, 1.82) is 0 Å². The second-order valence-electron chi connectivity index (χ2n) is 5.01. The molecule has 0 bridgehead atoms. The second-order valence-corrected chi connectivity index (χ2v) is 5.01. The molecule has 0 spiro atoms. The summed E-state index contributed by atoms with van der Waals surface area (Å²) in [6, 6.07) is 7.49. The Kier molecular flexibility index (Phi) is 6.97. The van der Waals surface area contributed by atoms with Crippen molar-refractivity contribution in [3.05, 3.63) is 29.8 Å². The first-order valence-electron chi connectivity index (χ1n) is 6.75. The lowest BCUT2D eigenvalue weighted by molar-refractivity contribution is 0.185. The van der Waals surface area contributed by atoms with Crippen molar-refractivity contribution in [3.63, 3.8) is 0 Å². The molecule has 2 amide bonds. The number of benzene rings is 1. The number of hydrogen-bond donors (Lipinski definition) is 2. The average Bonchev–Trinajstić information content (AvgIpc) is 2.37. The topological polar surface area (TPSA) is 50.4 Å². The lowest BCUT2D eigenvalue weighted by Crippen LogP contribution is -2.30. The first kappa shape index (κ1) is 15.5. The maximum absolute atomic E-state index is 11.8. The Morgan fingerprint density at radius 3 is 2.74 bits per heavy atom. The third-order valence-electron chi connectivity index (χ3n) is 2.81. The van der Waals surface area contributed by atoms with Gasteiger partial charge in [0.2, 0.25) is 0 Å². The summed E-state index contributed by atoms with van der Waals surface area (Å²) in [6.07, 6.45) is 2.13. The van der Waals surface area contributed by atoms with E-state index in [0.717, 1.165) is 24.1 Å². The number of carbonyl (C=O) groups excluding carboxylic acids is 1. The zero-order valence-electron chi connectivity index (χ0n) is 12.0. The third-order valence-corrected chi connectivity index (χ3v) is 2.81. The molecule has 0 atom stereocenters. The zero-order valence-corrected chi connectivity index (χ0v) is 12.0. The predicted octanol–water partition coefficient (Wildman–Crippen LogP) is 3.39. The molecule has 4 heteroatoms. The first-order chi connectivity index (χ1) is 9.13. The molecule has 0 heterocycles. The van der Waals surface area contributed by atoms with E-state index in [0.29, 0.717) is 19.1 Å². The van der Waals surface area contributed by atoms with Crippen LogP contribution < -0.4 is 10.6 Å². The van der Waals surface area contributed by atoms with Gasteiger partial charge in [-0.3, -0.25) is 0 Å². The highest BCUT2D eigenvalue weighted by atomic mass is 16.5. The number of methoxy groups -OCH3 is 1. The number of ether oxygens (including phenoxy) is 1. The molecule has 1 rings (SSSR count). The third kappa shape index (κ3) is 6.25. The summed E-state index contributed by atoms with van der Waals surface area (Å²) in [5.41, 5.74) is 1.77. The van der Waals surface area contributed by atoms with Crippen molar-refractivity contribution < 1.29 is 9.53 Å². The Labute approximate surface area is 115 Å². The summed E-state index contributed by atoms with van der Waals surface area (Å²) < 4.78 is 5.10. The Morgan fingerprint density at radius 2 is 2.05 bits per heavy atom. The molecular formula is C15H24N2O2. The second kappa shape index (κ2) is 8.53. The highest BCUT2D eigenvalue weighted by Crippen LogP contribution is 2.15. The summed E-state index contributed by atoms with van der Waals surface area (Å²) in [5, 5.41) is 5.72. The van der Waals surface area contributed by atoms with Gasteiger partial charge in [-0.05, 0) is 24.8 Å². The van der Waals surface area contributed by atoms with E-state index in [1.54, 1.807) is 7.11 Å². The van der Waals surface area contributed by atoms with Crippen LogP contribution in [0.15, 0.2) is 24.3 Å². The van der Waals surface area contributed by atoms with Gasteiger partial charge in [0, 0.05) is 24.9 Å². The smallest absolute Gasteiger partial charge is 0.319 e. The minimum atomic E-state index is -0.160. The minimum absolute atomic E-state index is 0.160. The van der Waals surface area contributed by atoms with Crippen LogP contribution >= 0.6 is 0 Å². The van der Waals surface area contributed by atoms with Crippen LogP contribution in [-0.4, -0.2) is 19.7 Å². The molecule has 0 aliphatic rings. The lowest BCUT2D eigenvalue weighted by Gasteiger charge is -2.11. The summed E-state index contributed by atoms with van der Waals surface area (Å²) in [6.45, 7) is 5.56. The summed E-state index contributed by atoms with van der Waals surface area (Å²) in [4.78, 5) is 11.8. The van der Waals surface area contributed by atoms with Crippen LogP contribution in [0.25, 0.3) is 0 Å². The molecule has 0 fully saturated rings. The summed E-state index contributed by atoms with van der Waals surface area (Å²) in [5.74, 6) is 0.673. The van der Waals surface area contributed by atoms with Gasteiger partial charge in [0.25, 0.3) is 0 Å². The highest BCUT2D eigenvalue weighted by Gasteiger charge is 2.05. The molecule has 0 saturated heterocycles. The quantitative estimate of drug-likeness (QED) is 0.742. The number of hydrogen-bond acceptors (Lipinski definition) is 2. The Hall–Kier alpha value is -1.55. The van der Waals surface area contributed by atoms with Crippen LogP contribution in [0.2, 0.25) is 0 Å². The number of anilines is 1.